The number of nitrogens with zero attached hydrogens (tertiary/aromatic N) is 2. The smallest absolute Gasteiger partial charge is 0.456 e. The maximum atomic E-state index is 12.3. The molecule has 2 aromatic rings. The van der Waals surface area contributed by atoms with Gasteiger partial charge in [-0.3, -0.25) is 9.32 Å². The van der Waals surface area contributed by atoms with Crippen LogP contribution >= 0.6 is 19.7 Å². The van der Waals surface area contributed by atoms with Gasteiger partial charge in [0, 0.05) is 12.6 Å². The van der Waals surface area contributed by atoms with Gasteiger partial charge in [0.1, 0.15) is 23.1 Å². The first-order valence-electron chi connectivity index (χ1n) is 10.3. The average Bonchev–Trinajstić information content (AvgIpc) is 3.25. The first-order chi connectivity index (χ1) is 16.1. The van der Waals surface area contributed by atoms with Crippen molar-refractivity contribution in [1.82, 2.24) is 8.96 Å². The van der Waals surface area contributed by atoms with Gasteiger partial charge in [0.15, 0.2) is 0 Å². The molecule has 1 aliphatic rings. The number of nitrogen functional groups attached to an aromatic ring is 1. The maximum absolute atomic E-state index is 12.3. The highest BCUT2D eigenvalue weighted by molar-refractivity contribution is 7.98. The molecule has 0 bridgehead atoms. The SMILES string of the molecule is CC(OC(COP(N)(=O)Oc1ccccc1)C(C)O)Sn1ccc(N)nc1=O.O=C1CCCO1. The summed E-state index contributed by atoms with van der Waals surface area (Å²) in [6.45, 7) is 3.52. The van der Waals surface area contributed by atoms with Crippen LogP contribution in [0.15, 0.2) is 47.4 Å². The molecule has 0 spiro atoms. The monoisotopic (exact) mass is 516 g/mol. The summed E-state index contributed by atoms with van der Waals surface area (Å²) >= 11 is 1.03. The van der Waals surface area contributed by atoms with Crippen LogP contribution < -0.4 is 21.5 Å². The van der Waals surface area contributed by atoms with E-state index in [0.29, 0.717) is 18.8 Å². The maximum Gasteiger partial charge on any atom is 0.456 e. The molecule has 1 aromatic heterocycles. The number of hydrogen-bond acceptors (Lipinski definition) is 11. The quantitative estimate of drug-likeness (QED) is 0.238. The van der Waals surface area contributed by atoms with Crippen LogP contribution in [-0.2, 0) is 23.4 Å². The van der Waals surface area contributed by atoms with Gasteiger partial charge in [-0.15, -0.1) is 0 Å². The number of hydrogen-bond donors (Lipinski definition) is 3. The van der Waals surface area contributed by atoms with Crippen molar-refractivity contribution in [3.63, 3.8) is 0 Å². The van der Waals surface area contributed by atoms with Gasteiger partial charge in [-0.2, -0.15) is 4.98 Å². The molecule has 1 saturated heterocycles. The van der Waals surface area contributed by atoms with Crippen LogP contribution in [0.1, 0.15) is 26.7 Å². The second-order valence-electron chi connectivity index (χ2n) is 7.11. The van der Waals surface area contributed by atoms with E-state index in [1.54, 1.807) is 37.3 Å². The molecule has 0 radical (unpaired) electrons. The molecule has 12 nitrogen and oxygen atoms in total. The van der Waals surface area contributed by atoms with Crippen LogP contribution in [0.3, 0.4) is 0 Å². The summed E-state index contributed by atoms with van der Waals surface area (Å²) in [4.78, 5) is 25.4. The van der Waals surface area contributed by atoms with Crippen molar-refractivity contribution in [2.45, 2.75) is 44.3 Å². The number of cyclic esters (lactones) is 1. The number of aliphatic hydroxyl groups is 1. The molecule has 1 aliphatic heterocycles. The Bertz CT molecular complexity index is 1020. The van der Waals surface area contributed by atoms with E-state index in [0.717, 1.165) is 18.4 Å². The number of para-hydroxylation sites is 1. The Labute approximate surface area is 201 Å². The van der Waals surface area contributed by atoms with Gasteiger partial charge < -0.3 is 24.8 Å². The Kier molecular flexibility index (Phi) is 11.0. The number of carbonyl (C=O) groups excluding carboxylic acids is 1. The summed E-state index contributed by atoms with van der Waals surface area (Å²) in [6.07, 6.45) is 1.18. The number of esters is 1. The Morgan fingerprint density at radius 3 is 2.50 bits per heavy atom. The van der Waals surface area contributed by atoms with E-state index >= 15 is 0 Å². The molecule has 4 atom stereocenters. The van der Waals surface area contributed by atoms with Gasteiger partial charge >= 0.3 is 19.4 Å². The third-order valence-corrected chi connectivity index (χ3v) is 6.03. The third kappa shape index (κ3) is 10.2. The molecule has 34 heavy (non-hydrogen) atoms. The second kappa shape index (κ2) is 13.5. The van der Waals surface area contributed by atoms with Crippen molar-refractivity contribution in [2.24, 2.45) is 5.50 Å². The number of anilines is 1. The molecule has 0 aliphatic carbocycles. The van der Waals surface area contributed by atoms with Crippen LogP contribution in [-0.4, -0.2) is 50.9 Å². The number of ether oxygens (including phenoxy) is 2. The lowest BCUT2D eigenvalue weighted by Gasteiger charge is -2.25. The summed E-state index contributed by atoms with van der Waals surface area (Å²) in [7, 11) is -3.91. The highest BCUT2D eigenvalue weighted by Gasteiger charge is 2.27. The van der Waals surface area contributed by atoms with Crippen molar-refractivity contribution in [3.8, 4) is 5.75 Å². The second-order valence-corrected chi connectivity index (χ2v) is 9.90. The minimum Gasteiger partial charge on any atom is -0.466 e. The standard InChI is InChI=1S/C16H23N4O6PS.C4H6O2/c1-11(21)14(10-24-27(18,23)26-13-6-4-3-5-7-13)25-12(2)28-20-9-8-15(17)19-16(20)22;5-4-2-1-3-6-4/h3-9,11-12,14,21H,10H2,1-2H3,(H2,18,23)(H2,17,19,22);1-3H2. The highest BCUT2D eigenvalue weighted by Crippen LogP contribution is 2.40. The van der Waals surface area contributed by atoms with Crippen molar-refractivity contribution < 1.29 is 33.0 Å². The molecule has 2 heterocycles. The first kappa shape index (κ1) is 27.8. The van der Waals surface area contributed by atoms with Crippen molar-refractivity contribution in [1.29, 1.82) is 0 Å². The van der Waals surface area contributed by atoms with Crippen molar-refractivity contribution in [2.75, 3.05) is 18.9 Å². The number of carbonyl (C=O) groups is 1. The summed E-state index contributed by atoms with van der Waals surface area (Å²) in [5.41, 5.74) is 9.92. The Morgan fingerprint density at radius 2 is 1.97 bits per heavy atom. The van der Waals surface area contributed by atoms with E-state index in [1.165, 1.54) is 23.2 Å². The fourth-order valence-electron chi connectivity index (χ4n) is 2.51. The summed E-state index contributed by atoms with van der Waals surface area (Å²) in [6, 6.07) is 9.81. The number of nitrogens with two attached hydrogens (primary N) is 2. The predicted octanol–water partition coefficient (Wildman–Crippen LogP) is 1.92. The molecule has 1 aromatic carbocycles. The lowest BCUT2D eigenvalue weighted by atomic mass is 10.2. The zero-order chi connectivity index (χ0) is 25.1. The van der Waals surface area contributed by atoms with Gasteiger partial charge in [-0.25, -0.2) is 18.8 Å². The van der Waals surface area contributed by atoms with Crippen molar-refractivity contribution in [3.05, 3.63) is 53.1 Å². The van der Waals surface area contributed by atoms with Gasteiger partial charge in [-0.05, 0) is 50.4 Å². The minimum absolute atomic E-state index is 0.0463. The Morgan fingerprint density at radius 1 is 1.26 bits per heavy atom. The average molecular weight is 517 g/mol. The number of aliphatic hydroxyl groups excluding tert-OH is 1. The largest absolute Gasteiger partial charge is 0.466 e. The van der Waals surface area contributed by atoms with E-state index in [-0.39, 0.29) is 18.4 Å². The fourth-order valence-corrected chi connectivity index (χ4v) is 4.11. The lowest BCUT2D eigenvalue weighted by Crippen LogP contribution is -2.34. The van der Waals surface area contributed by atoms with Crippen molar-refractivity contribution >= 4 is 31.5 Å². The molecule has 1 fully saturated rings. The van der Waals surface area contributed by atoms with Gasteiger partial charge in [0.2, 0.25) is 0 Å². The molecule has 5 N–H and O–H groups in total. The molecule has 3 rings (SSSR count). The van der Waals surface area contributed by atoms with Gasteiger partial charge in [-0.1, -0.05) is 18.2 Å². The van der Waals surface area contributed by atoms with E-state index < -0.39 is 31.1 Å². The van der Waals surface area contributed by atoms with Crippen LogP contribution in [0.25, 0.3) is 0 Å². The molecule has 0 saturated carbocycles. The molecule has 14 heteroatoms. The summed E-state index contributed by atoms with van der Waals surface area (Å²) < 4.78 is 34.1. The third-order valence-electron chi connectivity index (χ3n) is 4.14. The van der Waals surface area contributed by atoms with Crippen LogP contribution in [0.5, 0.6) is 5.75 Å². The first-order valence-corrected chi connectivity index (χ1v) is 12.8. The summed E-state index contributed by atoms with van der Waals surface area (Å²) in [5.74, 6) is 0.361. The van der Waals surface area contributed by atoms with E-state index in [1.807, 2.05) is 0 Å². The van der Waals surface area contributed by atoms with E-state index in [4.69, 9.17) is 25.0 Å². The molecular weight excluding hydrogens is 487 g/mol. The van der Waals surface area contributed by atoms with Crippen LogP contribution in [0.4, 0.5) is 5.82 Å². The zero-order valence-corrected chi connectivity index (χ0v) is 20.5. The lowest BCUT2D eigenvalue weighted by molar-refractivity contribution is -0.137. The summed E-state index contributed by atoms with van der Waals surface area (Å²) in [5, 5.41) is 9.92. The molecule has 188 valence electrons. The van der Waals surface area contributed by atoms with Gasteiger partial charge in [0.05, 0.1) is 19.3 Å². The van der Waals surface area contributed by atoms with Crippen LogP contribution in [0, 0.1) is 0 Å². The zero-order valence-electron chi connectivity index (χ0n) is 18.8. The van der Waals surface area contributed by atoms with E-state index in [9.17, 15) is 19.3 Å². The predicted molar refractivity (Wildman–Crippen MR) is 127 cm³/mol. The number of aromatic nitrogens is 2. The van der Waals surface area contributed by atoms with E-state index in [2.05, 4.69) is 9.72 Å². The van der Waals surface area contributed by atoms with Crippen LogP contribution in [0.2, 0.25) is 0 Å². The minimum atomic E-state index is -3.91. The highest BCUT2D eigenvalue weighted by atomic mass is 32.2. The normalized spacial score (nSPS) is 17.5. The molecule has 0 amide bonds. The topological polar surface area (TPSA) is 178 Å². The van der Waals surface area contributed by atoms with Gasteiger partial charge in [0.25, 0.3) is 0 Å². The number of benzene rings is 1. The Balaban J connectivity index is 0.000000589. The molecule has 4 unspecified atom stereocenters. The fraction of sp³-hybridized carbons (Fsp3) is 0.450. The Hall–Kier alpha value is -2.41. The number of rotatable bonds is 10. The molecular formula is C20H29N4O8PS.